The van der Waals surface area contributed by atoms with Crippen LogP contribution in [0.5, 0.6) is 0 Å². The fraction of sp³-hybridized carbons (Fsp3) is 0.909. The zero-order chi connectivity index (χ0) is 18.9. The molecule has 4 aliphatic rings. The van der Waals surface area contributed by atoms with E-state index in [1.165, 1.54) is 32.1 Å². The van der Waals surface area contributed by atoms with Crippen molar-refractivity contribution in [3.05, 3.63) is 0 Å². The van der Waals surface area contributed by atoms with Crippen LogP contribution < -0.4 is 0 Å². The number of hydrogen-bond acceptors (Lipinski definition) is 4. The molecule has 4 nitrogen and oxygen atoms in total. The summed E-state index contributed by atoms with van der Waals surface area (Å²) in [5, 5.41) is 0. The first-order valence-electron chi connectivity index (χ1n) is 10.7. The number of rotatable bonds is 8. The molecular formula is C22H36O4. The van der Waals surface area contributed by atoms with E-state index in [9.17, 15) is 9.59 Å². The van der Waals surface area contributed by atoms with Gasteiger partial charge in [-0.3, -0.25) is 4.79 Å². The maximum atomic E-state index is 12.6. The normalized spacial score (nSPS) is 38.8. The summed E-state index contributed by atoms with van der Waals surface area (Å²) >= 11 is 0. The summed E-state index contributed by atoms with van der Waals surface area (Å²) in [5.41, 5.74) is 0.133. The van der Waals surface area contributed by atoms with Gasteiger partial charge in [-0.15, -0.1) is 0 Å². The lowest BCUT2D eigenvalue weighted by molar-refractivity contribution is -0.228. The van der Waals surface area contributed by atoms with Gasteiger partial charge < -0.3 is 9.47 Å². The van der Waals surface area contributed by atoms with E-state index < -0.39 is 0 Å². The third kappa shape index (κ3) is 3.66. The van der Waals surface area contributed by atoms with Crippen LogP contribution >= 0.6 is 0 Å². The van der Waals surface area contributed by atoms with Crippen molar-refractivity contribution in [2.45, 2.75) is 91.1 Å². The van der Waals surface area contributed by atoms with E-state index in [0.29, 0.717) is 17.3 Å². The minimum absolute atomic E-state index is 0.169. The number of ether oxygens (including phenoxy) is 2. The molecule has 4 heteroatoms. The minimum Gasteiger partial charge on any atom is -0.456 e. The van der Waals surface area contributed by atoms with Crippen LogP contribution in [0.2, 0.25) is 0 Å². The van der Waals surface area contributed by atoms with Gasteiger partial charge >= 0.3 is 11.9 Å². The van der Waals surface area contributed by atoms with Gasteiger partial charge in [-0.05, 0) is 74.5 Å². The molecule has 4 saturated carbocycles. The Morgan fingerprint density at radius 2 is 1.77 bits per heavy atom. The second kappa shape index (κ2) is 7.52. The van der Waals surface area contributed by atoms with Crippen LogP contribution in [0.3, 0.4) is 0 Å². The fourth-order valence-electron chi connectivity index (χ4n) is 6.21. The van der Waals surface area contributed by atoms with Crippen LogP contribution in [0.15, 0.2) is 0 Å². The zero-order valence-corrected chi connectivity index (χ0v) is 17.0. The van der Waals surface area contributed by atoms with E-state index in [1.54, 1.807) is 0 Å². The van der Waals surface area contributed by atoms with Gasteiger partial charge in [0.15, 0.2) is 6.61 Å². The number of hydrogen-bond donors (Lipinski definition) is 0. The van der Waals surface area contributed by atoms with E-state index in [-0.39, 0.29) is 30.1 Å². The highest BCUT2D eigenvalue weighted by Crippen LogP contribution is 2.65. The Hall–Kier alpha value is -1.06. The van der Waals surface area contributed by atoms with Gasteiger partial charge in [0.2, 0.25) is 0 Å². The van der Waals surface area contributed by atoms with E-state index in [0.717, 1.165) is 31.6 Å². The molecule has 4 rings (SSSR count). The highest BCUT2D eigenvalue weighted by molar-refractivity contribution is 5.77. The molecule has 0 spiro atoms. The standard InChI is InChI=1S/C22H36O4/c1-5-7-8-22(26-19(23)14-25-20(24)15(3)6-2)17-9-16-10-18(22)13-21(4,11-16)12-17/h15-18H,5-14H2,1-4H3. The zero-order valence-electron chi connectivity index (χ0n) is 17.0. The Morgan fingerprint density at radius 1 is 1.12 bits per heavy atom. The van der Waals surface area contributed by atoms with Crippen molar-refractivity contribution in [3.63, 3.8) is 0 Å². The summed E-state index contributed by atoms with van der Waals surface area (Å²) in [4.78, 5) is 24.5. The topological polar surface area (TPSA) is 52.6 Å². The summed E-state index contributed by atoms with van der Waals surface area (Å²) in [6.45, 7) is 8.16. The highest BCUT2D eigenvalue weighted by Gasteiger charge is 2.62. The molecule has 148 valence electrons. The van der Waals surface area contributed by atoms with Crippen molar-refractivity contribution in [1.82, 2.24) is 0 Å². The number of unbranched alkanes of at least 4 members (excludes halogenated alkanes) is 1. The summed E-state index contributed by atoms with van der Waals surface area (Å²) in [5.74, 6) is 0.964. The predicted octanol–water partition coefficient (Wildman–Crippen LogP) is 4.89. The molecule has 0 saturated heterocycles. The van der Waals surface area contributed by atoms with Crippen LogP contribution in [-0.2, 0) is 19.1 Å². The molecule has 4 fully saturated rings. The average molecular weight is 365 g/mol. The molecule has 0 aliphatic heterocycles. The first kappa shape index (κ1) is 19.7. The van der Waals surface area contributed by atoms with Crippen molar-refractivity contribution >= 4 is 11.9 Å². The Balaban J connectivity index is 1.69. The third-order valence-corrected chi connectivity index (χ3v) is 7.45. The first-order valence-corrected chi connectivity index (χ1v) is 10.7. The van der Waals surface area contributed by atoms with Crippen molar-refractivity contribution in [1.29, 1.82) is 0 Å². The van der Waals surface area contributed by atoms with Crippen molar-refractivity contribution in [2.24, 2.45) is 29.1 Å². The third-order valence-electron chi connectivity index (χ3n) is 7.45. The summed E-state index contributed by atoms with van der Waals surface area (Å²) in [6, 6.07) is 0. The maximum Gasteiger partial charge on any atom is 0.344 e. The molecule has 3 unspecified atom stereocenters. The Labute approximate surface area is 158 Å². The SMILES string of the molecule is CCCCC1(OC(=O)COC(=O)C(C)CC)C2CC3CC1CC(C)(C3)C2. The molecule has 0 aromatic carbocycles. The second-order valence-electron chi connectivity index (χ2n) is 9.60. The molecule has 3 atom stereocenters. The quantitative estimate of drug-likeness (QED) is 0.575. The molecule has 0 radical (unpaired) electrons. The average Bonchev–Trinajstić information content (AvgIpc) is 2.59. The Morgan fingerprint density at radius 3 is 2.31 bits per heavy atom. The van der Waals surface area contributed by atoms with Crippen LogP contribution in [0, 0.1) is 29.1 Å². The molecule has 0 aromatic rings. The van der Waals surface area contributed by atoms with Crippen molar-refractivity contribution in [2.75, 3.05) is 6.61 Å². The lowest BCUT2D eigenvalue weighted by Crippen LogP contribution is -2.62. The van der Waals surface area contributed by atoms with Gasteiger partial charge in [-0.25, -0.2) is 4.79 Å². The molecule has 26 heavy (non-hydrogen) atoms. The second-order valence-corrected chi connectivity index (χ2v) is 9.60. The number of carbonyl (C=O) groups excluding carboxylic acids is 2. The summed E-state index contributed by atoms with van der Waals surface area (Å²) in [7, 11) is 0. The number of carbonyl (C=O) groups is 2. The van der Waals surface area contributed by atoms with Crippen LogP contribution in [0.25, 0.3) is 0 Å². The van der Waals surface area contributed by atoms with Crippen molar-refractivity contribution in [3.8, 4) is 0 Å². The highest BCUT2D eigenvalue weighted by atomic mass is 16.6. The van der Waals surface area contributed by atoms with E-state index >= 15 is 0 Å². The minimum atomic E-state index is -0.351. The Kier molecular flexibility index (Phi) is 5.69. The fourth-order valence-corrected chi connectivity index (χ4v) is 6.21. The molecule has 0 N–H and O–H groups in total. The van der Waals surface area contributed by atoms with E-state index in [2.05, 4.69) is 13.8 Å². The van der Waals surface area contributed by atoms with Crippen LogP contribution in [0.4, 0.5) is 0 Å². The van der Waals surface area contributed by atoms with Crippen molar-refractivity contribution < 1.29 is 19.1 Å². The van der Waals surface area contributed by atoms with Crippen LogP contribution in [-0.4, -0.2) is 24.1 Å². The monoisotopic (exact) mass is 364 g/mol. The van der Waals surface area contributed by atoms with Gasteiger partial charge in [-0.1, -0.05) is 34.1 Å². The molecule has 0 amide bonds. The molecule has 0 heterocycles. The predicted molar refractivity (Wildman–Crippen MR) is 100 cm³/mol. The van der Waals surface area contributed by atoms with Gasteiger partial charge in [0.1, 0.15) is 5.60 Å². The van der Waals surface area contributed by atoms with Gasteiger partial charge in [0, 0.05) is 0 Å². The summed E-state index contributed by atoms with van der Waals surface area (Å²) < 4.78 is 11.4. The van der Waals surface area contributed by atoms with Crippen LogP contribution in [0.1, 0.15) is 85.5 Å². The largest absolute Gasteiger partial charge is 0.456 e. The van der Waals surface area contributed by atoms with Gasteiger partial charge in [0.25, 0.3) is 0 Å². The lowest BCUT2D eigenvalue weighted by Gasteiger charge is -2.64. The van der Waals surface area contributed by atoms with Gasteiger partial charge in [0.05, 0.1) is 5.92 Å². The smallest absolute Gasteiger partial charge is 0.344 e. The Bertz CT molecular complexity index is 524. The van der Waals surface area contributed by atoms with E-state index in [1.807, 2.05) is 13.8 Å². The molecule has 4 aliphatic carbocycles. The van der Waals surface area contributed by atoms with Gasteiger partial charge in [-0.2, -0.15) is 0 Å². The number of esters is 2. The summed E-state index contributed by atoms with van der Waals surface area (Å²) in [6.07, 6.45) is 10.0. The maximum absolute atomic E-state index is 12.6. The lowest BCUT2D eigenvalue weighted by atomic mass is 9.44. The molecule has 0 aromatic heterocycles. The first-order chi connectivity index (χ1) is 12.3. The molecule has 4 bridgehead atoms. The molecular weight excluding hydrogens is 328 g/mol. The van der Waals surface area contributed by atoms with E-state index in [4.69, 9.17) is 9.47 Å².